The van der Waals surface area contributed by atoms with Gasteiger partial charge in [-0.15, -0.1) is 11.3 Å². The zero-order chi connectivity index (χ0) is 17.7. The largest absolute Gasteiger partial charge is 0.249 e. The number of fused-ring (bicyclic) bond motifs is 4. The Hall–Kier alpha value is -2.78. The smallest absolute Gasteiger partial charge is 0.0934 e. The fourth-order valence-electron chi connectivity index (χ4n) is 3.59. The van der Waals surface area contributed by atoms with E-state index >= 15 is 0 Å². The van der Waals surface area contributed by atoms with Gasteiger partial charge in [0.1, 0.15) is 0 Å². The van der Waals surface area contributed by atoms with E-state index in [-0.39, 0.29) is 0 Å². The zero-order valence-corrected chi connectivity index (χ0v) is 15.5. The zero-order valence-electron chi connectivity index (χ0n) is 14.7. The number of nitrogens with zero attached hydrogens (tertiary/aromatic N) is 2. The molecule has 0 bridgehead atoms. The van der Waals surface area contributed by atoms with Gasteiger partial charge in [0.15, 0.2) is 0 Å². The lowest BCUT2D eigenvalue weighted by Gasteiger charge is -2.13. The van der Waals surface area contributed by atoms with Crippen LogP contribution < -0.4 is 0 Å². The molecule has 3 heteroatoms. The third-order valence-electron chi connectivity index (χ3n) is 4.80. The van der Waals surface area contributed by atoms with Gasteiger partial charge < -0.3 is 0 Å². The SMILES string of the molecule is CC(C)c1nc2ccccc2nc1-c1cccc2sc3ccccc3c12. The van der Waals surface area contributed by atoms with Crippen molar-refractivity contribution in [1.82, 2.24) is 9.97 Å². The topological polar surface area (TPSA) is 25.8 Å². The van der Waals surface area contributed by atoms with E-state index in [1.54, 1.807) is 0 Å². The second kappa shape index (κ2) is 5.89. The standard InChI is InChI=1S/C23H18N2S/c1-14(2)22-23(25-18-11-5-4-10-17(18)24-22)16-9-7-13-20-21(16)15-8-3-6-12-19(15)26-20/h3-14H,1-2H3. The maximum Gasteiger partial charge on any atom is 0.0934 e. The first-order valence-corrected chi connectivity index (χ1v) is 9.71. The molecule has 2 heterocycles. The summed E-state index contributed by atoms with van der Waals surface area (Å²) in [6, 6.07) is 23.3. The second-order valence-corrected chi connectivity index (χ2v) is 7.96. The van der Waals surface area contributed by atoms with Crippen LogP contribution in [0.1, 0.15) is 25.5 Å². The van der Waals surface area contributed by atoms with E-state index in [4.69, 9.17) is 9.97 Å². The molecule has 26 heavy (non-hydrogen) atoms. The van der Waals surface area contributed by atoms with Gasteiger partial charge in [-0.25, -0.2) is 9.97 Å². The van der Waals surface area contributed by atoms with Crippen LogP contribution in [0.4, 0.5) is 0 Å². The number of para-hydroxylation sites is 2. The van der Waals surface area contributed by atoms with Crippen LogP contribution >= 0.6 is 11.3 Å². The average molecular weight is 354 g/mol. The molecule has 3 aromatic carbocycles. The molecule has 2 nitrogen and oxygen atoms in total. The summed E-state index contributed by atoms with van der Waals surface area (Å²) in [6.45, 7) is 4.38. The summed E-state index contributed by atoms with van der Waals surface area (Å²) in [5.41, 5.74) is 5.16. The van der Waals surface area contributed by atoms with Crippen molar-refractivity contribution >= 4 is 42.5 Å². The first-order chi connectivity index (χ1) is 12.7. The molecule has 0 N–H and O–H groups in total. The van der Waals surface area contributed by atoms with E-state index in [1.165, 1.54) is 25.7 Å². The number of hydrogen-bond donors (Lipinski definition) is 0. The monoisotopic (exact) mass is 354 g/mol. The van der Waals surface area contributed by atoms with Gasteiger partial charge in [-0.2, -0.15) is 0 Å². The van der Waals surface area contributed by atoms with Crippen molar-refractivity contribution in [2.75, 3.05) is 0 Å². The molecule has 0 atom stereocenters. The lowest BCUT2D eigenvalue weighted by atomic mass is 9.98. The Kier molecular flexibility index (Phi) is 3.50. The van der Waals surface area contributed by atoms with Crippen LogP contribution in [0.25, 0.3) is 42.5 Å². The van der Waals surface area contributed by atoms with E-state index in [0.29, 0.717) is 5.92 Å². The van der Waals surface area contributed by atoms with Crippen molar-refractivity contribution < 1.29 is 0 Å². The van der Waals surface area contributed by atoms with Crippen LogP contribution in [0.2, 0.25) is 0 Å². The Labute approximate surface area is 156 Å². The van der Waals surface area contributed by atoms with Crippen molar-refractivity contribution in [3.63, 3.8) is 0 Å². The molecule has 0 spiro atoms. The van der Waals surface area contributed by atoms with Gasteiger partial charge in [0.2, 0.25) is 0 Å². The lowest BCUT2D eigenvalue weighted by molar-refractivity contribution is 0.826. The van der Waals surface area contributed by atoms with E-state index in [1.807, 2.05) is 35.6 Å². The third-order valence-corrected chi connectivity index (χ3v) is 5.94. The normalized spacial score (nSPS) is 11.8. The predicted octanol–water partition coefficient (Wildman–Crippen LogP) is 6.79. The molecule has 0 aliphatic rings. The van der Waals surface area contributed by atoms with E-state index in [0.717, 1.165) is 22.4 Å². The van der Waals surface area contributed by atoms with Gasteiger partial charge in [-0.3, -0.25) is 0 Å². The average Bonchev–Trinajstić information content (AvgIpc) is 3.05. The quantitative estimate of drug-likeness (QED) is 0.349. The molecule has 5 aromatic rings. The molecule has 0 aliphatic carbocycles. The maximum atomic E-state index is 5.05. The molecular weight excluding hydrogens is 336 g/mol. The van der Waals surface area contributed by atoms with Gasteiger partial charge in [0.25, 0.3) is 0 Å². The van der Waals surface area contributed by atoms with Gasteiger partial charge in [0, 0.05) is 25.7 Å². The highest BCUT2D eigenvalue weighted by Gasteiger charge is 2.18. The van der Waals surface area contributed by atoms with Crippen molar-refractivity contribution in [1.29, 1.82) is 0 Å². The van der Waals surface area contributed by atoms with Crippen LogP contribution in [0.5, 0.6) is 0 Å². The minimum absolute atomic E-state index is 0.308. The van der Waals surface area contributed by atoms with Crippen LogP contribution in [-0.2, 0) is 0 Å². The highest BCUT2D eigenvalue weighted by atomic mass is 32.1. The Bertz CT molecular complexity index is 1270. The Morgan fingerprint density at radius 1 is 0.731 bits per heavy atom. The molecule has 5 rings (SSSR count). The van der Waals surface area contributed by atoms with E-state index < -0.39 is 0 Å². The number of hydrogen-bond acceptors (Lipinski definition) is 3. The van der Waals surface area contributed by atoms with E-state index in [2.05, 4.69) is 56.3 Å². The van der Waals surface area contributed by atoms with Gasteiger partial charge in [0.05, 0.1) is 22.4 Å². The molecule has 126 valence electrons. The Balaban J connectivity index is 1.92. The summed E-state index contributed by atoms with van der Waals surface area (Å²) in [5.74, 6) is 0.308. The van der Waals surface area contributed by atoms with Crippen LogP contribution in [0, 0.1) is 0 Å². The summed E-state index contributed by atoms with van der Waals surface area (Å²) in [4.78, 5) is 10.0. The molecule has 0 aliphatic heterocycles. The first kappa shape index (κ1) is 15.5. The second-order valence-electron chi connectivity index (χ2n) is 6.88. The molecular formula is C23H18N2S. The van der Waals surface area contributed by atoms with Crippen molar-refractivity contribution in [2.45, 2.75) is 19.8 Å². The molecule has 0 saturated heterocycles. The Morgan fingerprint density at radius 3 is 2.23 bits per heavy atom. The van der Waals surface area contributed by atoms with Gasteiger partial charge >= 0.3 is 0 Å². The van der Waals surface area contributed by atoms with Crippen molar-refractivity contribution in [2.24, 2.45) is 0 Å². The summed E-state index contributed by atoms with van der Waals surface area (Å²) in [7, 11) is 0. The Morgan fingerprint density at radius 2 is 1.42 bits per heavy atom. The molecule has 2 aromatic heterocycles. The van der Waals surface area contributed by atoms with Crippen molar-refractivity contribution in [3.8, 4) is 11.3 Å². The maximum absolute atomic E-state index is 5.05. The van der Waals surface area contributed by atoms with Gasteiger partial charge in [-0.1, -0.05) is 56.3 Å². The third kappa shape index (κ3) is 2.31. The van der Waals surface area contributed by atoms with Crippen LogP contribution in [0.3, 0.4) is 0 Å². The molecule has 0 saturated carbocycles. The lowest BCUT2D eigenvalue weighted by Crippen LogP contribution is -2.01. The van der Waals surface area contributed by atoms with Gasteiger partial charge in [-0.05, 0) is 30.2 Å². The minimum Gasteiger partial charge on any atom is -0.249 e. The number of thiophene rings is 1. The molecule has 0 amide bonds. The van der Waals surface area contributed by atoms with E-state index in [9.17, 15) is 0 Å². The summed E-state index contributed by atoms with van der Waals surface area (Å²) >= 11 is 1.84. The first-order valence-electron chi connectivity index (χ1n) is 8.89. The summed E-state index contributed by atoms with van der Waals surface area (Å²) in [5, 5.41) is 2.59. The highest BCUT2D eigenvalue weighted by Crippen LogP contribution is 2.41. The highest BCUT2D eigenvalue weighted by molar-refractivity contribution is 7.25. The van der Waals surface area contributed by atoms with Crippen LogP contribution in [-0.4, -0.2) is 9.97 Å². The fraction of sp³-hybridized carbons (Fsp3) is 0.130. The predicted molar refractivity (Wildman–Crippen MR) is 112 cm³/mol. The summed E-state index contributed by atoms with van der Waals surface area (Å²) in [6.07, 6.45) is 0. The summed E-state index contributed by atoms with van der Waals surface area (Å²) < 4.78 is 2.61. The number of aromatic nitrogens is 2. The molecule has 0 unspecified atom stereocenters. The minimum atomic E-state index is 0.308. The molecule has 0 radical (unpaired) electrons. The van der Waals surface area contributed by atoms with Crippen molar-refractivity contribution in [3.05, 3.63) is 72.4 Å². The fourth-order valence-corrected chi connectivity index (χ4v) is 4.72. The molecule has 0 fully saturated rings. The number of rotatable bonds is 2. The van der Waals surface area contributed by atoms with Crippen LogP contribution in [0.15, 0.2) is 66.7 Å². The number of benzene rings is 3.